The molecule has 14 heteroatoms. The maximum absolute atomic E-state index is 14.2. The number of anilines is 2. The van der Waals surface area contributed by atoms with E-state index in [2.05, 4.69) is 15.9 Å². The first-order valence-corrected chi connectivity index (χ1v) is 14.7. The number of Topliss-reactive ketones (excluding diaryl/α,β-unsaturated/α-hetero) is 1. The van der Waals surface area contributed by atoms with E-state index >= 15 is 0 Å². The van der Waals surface area contributed by atoms with Gasteiger partial charge in [-0.05, 0) is 58.8 Å². The van der Waals surface area contributed by atoms with E-state index in [4.69, 9.17) is 0 Å². The van der Waals surface area contributed by atoms with Crippen LogP contribution in [0.15, 0.2) is 63.7 Å². The smallest absolute Gasteiger partial charge is 0.301 e. The normalized spacial score (nSPS) is 24.1. The van der Waals surface area contributed by atoms with E-state index in [-0.39, 0.29) is 51.4 Å². The van der Waals surface area contributed by atoms with Gasteiger partial charge in [0.1, 0.15) is 5.75 Å². The lowest BCUT2D eigenvalue weighted by Gasteiger charge is -2.42. The van der Waals surface area contributed by atoms with Crippen molar-refractivity contribution >= 4 is 62.1 Å². The Morgan fingerprint density at radius 2 is 1.62 bits per heavy atom. The molecule has 0 spiro atoms. The lowest BCUT2D eigenvalue weighted by molar-refractivity contribution is -0.392. The van der Waals surface area contributed by atoms with Gasteiger partial charge in [-0.15, -0.1) is 0 Å². The quantitative estimate of drug-likeness (QED) is 0.155. The van der Waals surface area contributed by atoms with Gasteiger partial charge in [0.05, 0.1) is 31.9 Å². The molecule has 1 N–H and O–H groups in total. The van der Waals surface area contributed by atoms with Gasteiger partial charge in [0, 0.05) is 49.4 Å². The van der Waals surface area contributed by atoms with Crippen LogP contribution in [-0.4, -0.2) is 52.4 Å². The van der Waals surface area contributed by atoms with Gasteiger partial charge in [0.15, 0.2) is 17.3 Å². The second-order valence-electron chi connectivity index (χ2n) is 11.7. The van der Waals surface area contributed by atoms with E-state index < -0.39 is 62.5 Å². The molecule has 2 amide bonds. The van der Waals surface area contributed by atoms with Gasteiger partial charge in [-0.2, -0.15) is 0 Å². The summed E-state index contributed by atoms with van der Waals surface area (Å²) in [6.45, 7) is 1.70. The van der Waals surface area contributed by atoms with Gasteiger partial charge < -0.3 is 10.0 Å². The van der Waals surface area contributed by atoms with Gasteiger partial charge in [-0.3, -0.25) is 39.4 Å². The van der Waals surface area contributed by atoms with Gasteiger partial charge in [-0.25, -0.2) is 4.90 Å². The Balaban J connectivity index is 1.49. The van der Waals surface area contributed by atoms with E-state index in [1.54, 1.807) is 19.1 Å². The number of aryl methyl sites for hydroxylation is 1. The third-order valence-corrected chi connectivity index (χ3v) is 9.63. The van der Waals surface area contributed by atoms with Crippen LogP contribution >= 0.6 is 15.9 Å². The van der Waals surface area contributed by atoms with Gasteiger partial charge in [0.25, 0.3) is 0 Å². The van der Waals surface area contributed by atoms with Gasteiger partial charge >= 0.3 is 11.4 Å². The van der Waals surface area contributed by atoms with Crippen LogP contribution in [0.2, 0.25) is 0 Å². The van der Waals surface area contributed by atoms with Crippen LogP contribution in [0, 0.1) is 44.9 Å². The number of benzene rings is 2. The lowest BCUT2D eigenvalue weighted by Crippen LogP contribution is -2.39. The van der Waals surface area contributed by atoms with Crippen molar-refractivity contribution < 1.29 is 34.1 Å². The van der Waals surface area contributed by atoms with E-state index in [9.17, 15) is 44.5 Å². The van der Waals surface area contributed by atoms with Crippen molar-refractivity contribution in [2.45, 2.75) is 25.7 Å². The van der Waals surface area contributed by atoms with E-state index in [0.717, 1.165) is 17.0 Å². The fourth-order valence-corrected chi connectivity index (χ4v) is 7.60. The minimum atomic E-state index is -0.994. The van der Waals surface area contributed by atoms with Crippen molar-refractivity contribution in [3.05, 3.63) is 95.0 Å². The van der Waals surface area contributed by atoms with E-state index in [1.165, 1.54) is 31.1 Å². The van der Waals surface area contributed by atoms with E-state index in [0.29, 0.717) is 16.7 Å². The van der Waals surface area contributed by atoms with E-state index in [1.807, 2.05) is 6.08 Å². The Morgan fingerprint density at radius 1 is 0.978 bits per heavy atom. The van der Waals surface area contributed by atoms with Crippen LogP contribution in [0.4, 0.5) is 22.7 Å². The number of allylic oxidation sites excluding steroid dienone is 6. The van der Waals surface area contributed by atoms with Gasteiger partial charge in [0.2, 0.25) is 11.8 Å². The zero-order valence-corrected chi connectivity index (χ0v) is 25.7. The van der Waals surface area contributed by atoms with Crippen LogP contribution in [0.25, 0.3) is 0 Å². The minimum absolute atomic E-state index is 0.00383. The summed E-state index contributed by atoms with van der Waals surface area (Å²) in [4.78, 5) is 79.2. The number of ketones is 2. The number of amides is 2. The third kappa shape index (κ3) is 4.50. The highest BCUT2D eigenvalue weighted by molar-refractivity contribution is 9.12. The monoisotopic (exact) mass is 676 g/mol. The largest absolute Gasteiger partial charge is 0.508 e. The summed E-state index contributed by atoms with van der Waals surface area (Å²) in [6.07, 6.45) is 3.13. The Morgan fingerprint density at radius 3 is 2.20 bits per heavy atom. The fourth-order valence-electron chi connectivity index (χ4n) is 7.15. The highest BCUT2D eigenvalue weighted by Gasteiger charge is 2.57. The molecule has 1 saturated heterocycles. The minimum Gasteiger partial charge on any atom is -0.508 e. The first-order chi connectivity index (χ1) is 21.2. The number of carbonyl (C=O) groups is 4. The zero-order valence-electron chi connectivity index (χ0n) is 24.1. The van der Waals surface area contributed by atoms with Crippen LogP contribution in [0.1, 0.15) is 29.9 Å². The standard InChI is InChI=1S/C31H25BrN4O9/c1-13-8-14(4-7-23(13)37)25-16-5-6-17-26(18(16)11-19-27(25)24(38)12-20(32)29(19)39)31(41)34(30(17)40)15-9-21(35(42)43)28(33(2)3)22(10-15)36(44)45/h4-5,7-10,12,17-18,25-26,37H,6,11H2,1-3H3/t17-,18+,25-,26-/m0/s1. The number of halogens is 1. The first kappa shape index (κ1) is 30.1. The molecule has 4 aliphatic rings. The second kappa shape index (κ2) is 10.6. The number of phenolic OH excluding ortho intramolecular Hbond substituents is 1. The highest BCUT2D eigenvalue weighted by Crippen LogP contribution is 2.56. The maximum Gasteiger partial charge on any atom is 0.301 e. The number of fused-ring (bicyclic) bond motifs is 3. The molecule has 230 valence electrons. The van der Waals surface area contributed by atoms with Crippen molar-refractivity contribution in [1.82, 2.24) is 0 Å². The maximum atomic E-state index is 14.2. The number of nitro benzene ring substituents is 2. The predicted molar refractivity (Wildman–Crippen MR) is 164 cm³/mol. The molecule has 6 rings (SSSR count). The van der Waals surface area contributed by atoms with Crippen LogP contribution in [0.5, 0.6) is 5.75 Å². The summed E-state index contributed by atoms with van der Waals surface area (Å²) in [7, 11) is 2.82. The van der Waals surface area contributed by atoms with Crippen molar-refractivity contribution in [2.75, 3.05) is 23.9 Å². The Hall–Kier alpha value is -4.98. The van der Waals surface area contributed by atoms with Crippen LogP contribution in [-0.2, 0) is 19.2 Å². The highest BCUT2D eigenvalue weighted by atomic mass is 79.9. The molecule has 0 bridgehead atoms. The summed E-state index contributed by atoms with van der Waals surface area (Å²) >= 11 is 3.18. The third-order valence-electron chi connectivity index (χ3n) is 9.04. The SMILES string of the molecule is Cc1cc([C@H]2C3=CC[C@@H]4C(=O)N(c5cc([N+](=O)[O-])c(N(C)C)c([N+](=O)[O-])c5)C(=O)[C@@H]4[C@@H]3CC3=C2C(=O)C=C(Br)C3=O)ccc1O. The van der Waals surface area contributed by atoms with Crippen molar-refractivity contribution in [1.29, 1.82) is 0 Å². The number of hydrogen-bond acceptors (Lipinski definition) is 10. The average Bonchev–Trinajstić information content (AvgIpc) is 3.24. The van der Waals surface area contributed by atoms with Gasteiger partial charge in [-0.1, -0.05) is 23.8 Å². The second-order valence-corrected chi connectivity index (χ2v) is 12.5. The molecule has 1 heterocycles. The topological polar surface area (TPSA) is 181 Å². The number of carbonyl (C=O) groups excluding carboxylic acids is 4. The molecule has 4 atom stereocenters. The number of nitrogens with zero attached hydrogens (tertiary/aromatic N) is 4. The molecule has 2 aromatic carbocycles. The summed E-state index contributed by atoms with van der Waals surface area (Å²) in [5.41, 5.74) is 0.470. The van der Waals surface area contributed by atoms with Crippen molar-refractivity contribution in [2.24, 2.45) is 17.8 Å². The molecule has 0 aromatic heterocycles. The summed E-state index contributed by atoms with van der Waals surface area (Å²) in [6, 6.07) is 6.82. The molecule has 0 saturated carbocycles. The van der Waals surface area contributed by atoms with Crippen LogP contribution in [0.3, 0.4) is 0 Å². The molecule has 2 aromatic rings. The lowest BCUT2D eigenvalue weighted by atomic mass is 9.59. The number of aromatic hydroxyl groups is 1. The Kier molecular flexibility index (Phi) is 7.07. The summed E-state index contributed by atoms with van der Waals surface area (Å²) < 4.78 is 0.0720. The Labute approximate surface area is 263 Å². The molecule has 1 fully saturated rings. The molecule has 45 heavy (non-hydrogen) atoms. The molecule has 1 aliphatic heterocycles. The number of phenols is 1. The predicted octanol–water partition coefficient (Wildman–Crippen LogP) is 4.55. The van der Waals surface area contributed by atoms with Crippen LogP contribution < -0.4 is 9.80 Å². The molecule has 0 radical (unpaired) electrons. The number of imide groups is 1. The molecule has 0 unspecified atom stereocenters. The molecule has 13 nitrogen and oxygen atoms in total. The van der Waals surface area contributed by atoms with Crippen molar-refractivity contribution in [3.63, 3.8) is 0 Å². The molecular formula is C31H25BrN4O9. The molecular weight excluding hydrogens is 652 g/mol. The summed E-state index contributed by atoms with van der Waals surface area (Å²) in [5, 5.41) is 34.1. The average molecular weight is 677 g/mol. The fraction of sp³-hybridized carbons (Fsp3) is 0.290. The number of hydrogen-bond donors (Lipinski definition) is 1. The summed E-state index contributed by atoms with van der Waals surface area (Å²) in [5.74, 6) is -5.41. The number of nitro groups is 2. The van der Waals surface area contributed by atoms with Crippen molar-refractivity contribution in [3.8, 4) is 5.75 Å². The molecule has 3 aliphatic carbocycles. The Bertz CT molecular complexity index is 1860. The zero-order chi connectivity index (χ0) is 32.6. The first-order valence-electron chi connectivity index (χ1n) is 13.9. The number of rotatable bonds is 5.